The van der Waals surface area contributed by atoms with Crippen molar-refractivity contribution in [1.82, 2.24) is 4.98 Å². The Hall–Kier alpha value is -1.88. The minimum atomic E-state index is -0.177. The summed E-state index contributed by atoms with van der Waals surface area (Å²) in [6, 6.07) is 7.33. The van der Waals surface area contributed by atoms with Gasteiger partial charge in [-0.05, 0) is 52.0 Å². The van der Waals surface area contributed by atoms with Gasteiger partial charge < -0.3 is 10.1 Å². The standard InChI is InChI=1S/C15H18N2O2S/c1-9(2)19-13-7-5-12(6-8-13)17-15(18)14-10(3)20-11(4)16-14/h5-9H,1-4H3,(H,17,18). The summed E-state index contributed by atoms with van der Waals surface area (Å²) < 4.78 is 5.56. The van der Waals surface area contributed by atoms with Crippen molar-refractivity contribution in [2.24, 2.45) is 0 Å². The van der Waals surface area contributed by atoms with Gasteiger partial charge in [-0.15, -0.1) is 11.3 Å². The van der Waals surface area contributed by atoms with Gasteiger partial charge >= 0.3 is 0 Å². The Balaban J connectivity index is 2.06. The average Bonchev–Trinajstić information content (AvgIpc) is 2.70. The number of amides is 1. The minimum Gasteiger partial charge on any atom is -0.491 e. The van der Waals surface area contributed by atoms with Gasteiger partial charge in [-0.3, -0.25) is 4.79 Å². The lowest BCUT2D eigenvalue weighted by Gasteiger charge is -2.10. The van der Waals surface area contributed by atoms with Crippen LogP contribution in [-0.4, -0.2) is 17.0 Å². The number of anilines is 1. The molecule has 0 aliphatic carbocycles. The van der Waals surface area contributed by atoms with Crippen molar-refractivity contribution in [3.05, 3.63) is 39.8 Å². The molecule has 0 aliphatic heterocycles. The number of nitrogens with one attached hydrogen (secondary N) is 1. The molecule has 20 heavy (non-hydrogen) atoms. The molecule has 5 heteroatoms. The molecule has 0 spiro atoms. The summed E-state index contributed by atoms with van der Waals surface area (Å²) in [4.78, 5) is 17.3. The number of ether oxygens (including phenoxy) is 1. The normalized spacial score (nSPS) is 10.7. The Labute approximate surface area is 122 Å². The second-order valence-electron chi connectivity index (χ2n) is 4.78. The minimum absolute atomic E-state index is 0.135. The zero-order valence-corrected chi connectivity index (χ0v) is 12.9. The maximum absolute atomic E-state index is 12.1. The molecule has 0 saturated carbocycles. The van der Waals surface area contributed by atoms with E-state index in [0.717, 1.165) is 21.3 Å². The number of nitrogens with zero attached hydrogens (tertiary/aromatic N) is 1. The van der Waals surface area contributed by atoms with Crippen molar-refractivity contribution < 1.29 is 9.53 Å². The smallest absolute Gasteiger partial charge is 0.275 e. The Bertz CT molecular complexity index is 603. The number of benzene rings is 1. The van der Waals surface area contributed by atoms with Gasteiger partial charge in [0.1, 0.15) is 11.4 Å². The van der Waals surface area contributed by atoms with Crippen molar-refractivity contribution >= 4 is 22.9 Å². The van der Waals surface area contributed by atoms with E-state index in [9.17, 15) is 4.79 Å². The molecule has 0 radical (unpaired) electrons. The van der Waals surface area contributed by atoms with Crippen molar-refractivity contribution in [1.29, 1.82) is 0 Å². The summed E-state index contributed by atoms with van der Waals surface area (Å²) >= 11 is 1.53. The van der Waals surface area contributed by atoms with Crippen molar-refractivity contribution in [2.75, 3.05) is 5.32 Å². The number of hydrogen-bond donors (Lipinski definition) is 1. The van der Waals surface area contributed by atoms with Gasteiger partial charge in [0.25, 0.3) is 5.91 Å². The molecule has 1 heterocycles. The first-order chi connectivity index (χ1) is 9.45. The monoisotopic (exact) mass is 290 g/mol. The summed E-state index contributed by atoms with van der Waals surface area (Å²) in [6.07, 6.45) is 0.135. The van der Waals surface area contributed by atoms with E-state index in [4.69, 9.17) is 4.74 Å². The second-order valence-corrected chi connectivity index (χ2v) is 6.19. The fourth-order valence-electron chi connectivity index (χ4n) is 1.82. The van der Waals surface area contributed by atoms with Crippen LogP contribution in [0.15, 0.2) is 24.3 Å². The Morgan fingerprint density at radius 2 is 1.90 bits per heavy atom. The quantitative estimate of drug-likeness (QED) is 0.931. The number of rotatable bonds is 4. The van der Waals surface area contributed by atoms with E-state index in [-0.39, 0.29) is 12.0 Å². The third-order valence-electron chi connectivity index (χ3n) is 2.60. The van der Waals surface area contributed by atoms with Crippen LogP contribution in [0.3, 0.4) is 0 Å². The fraction of sp³-hybridized carbons (Fsp3) is 0.333. The van der Waals surface area contributed by atoms with Crippen LogP contribution < -0.4 is 10.1 Å². The number of thiazole rings is 1. The van der Waals surface area contributed by atoms with Gasteiger partial charge in [-0.1, -0.05) is 0 Å². The van der Waals surface area contributed by atoms with Crippen LogP contribution in [0.1, 0.15) is 34.2 Å². The highest BCUT2D eigenvalue weighted by Gasteiger charge is 2.14. The number of aromatic nitrogens is 1. The van der Waals surface area contributed by atoms with Gasteiger partial charge in [-0.2, -0.15) is 0 Å². The van der Waals surface area contributed by atoms with Crippen LogP contribution in [0, 0.1) is 13.8 Å². The zero-order chi connectivity index (χ0) is 14.7. The average molecular weight is 290 g/mol. The van der Waals surface area contributed by atoms with Crippen LogP contribution in [0.5, 0.6) is 5.75 Å². The molecule has 0 unspecified atom stereocenters. The van der Waals surface area contributed by atoms with Crippen molar-refractivity contribution in [3.8, 4) is 5.75 Å². The molecule has 0 saturated heterocycles. The highest BCUT2D eigenvalue weighted by atomic mass is 32.1. The number of carbonyl (C=O) groups is 1. The van der Waals surface area contributed by atoms with E-state index >= 15 is 0 Å². The lowest BCUT2D eigenvalue weighted by atomic mass is 10.2. The molecular formula is C15H18N2O2S. The van der Waals surface area contributed by atoms with E-state index in [2.05, 4.69) is 10.3 Å². The molecule has 1 amide bonds. The third-order valence-corrected chi connectivity index (χ3v) is 3.49. The molecule has 0 aliphatic rings. The molecule has 2 rings (SSSR count). The lowest BCUT2D eigenvalue weighted by Crippen LogP contribution is -2.13. The zero-order valence-electron chi connectivity index (χ0n) is 12.1. The van der Waals surface area contributed by atoms with E-state index in [1.165, 1.54) is 11.3 Å². The number of hydrogen-bond acceptors (Lipinski definition) is 4. The van der Waals surface area contributed by atoms with Gasteiger partial charge in [-0.25, -0.2) is 4.98 Å². The molecule has 0 atom stereocenters. The van der Waals surface area contributed by atoms with Crippen LogP contribution in [0.2, 0.25) is 0 Å². The SMILES string of the molecule is Cc1nc(C(=O)Nc2ccc(OC(C)C)cc2)c(C)s1. The van der Waals surface area contributed by atoms with Gasteiger partial charge in [0.15, 0.2) is 0 Å². The predicted octanol–water partition coefficient (Wildman–Crippen LogP) is 3.80. The molecule has 2 aromatic rings. The van der Waals surface area contributed by atoms with Gasteiger partial charge in [0.2, 0.25) is 0 Å². The summed E-state index contributed by atoms with van der Waals surface area (Å²) in [5, 5.41) is 3.74. The maximum atomic E-state index is 12.1. The topological polar surface area (TPSA) is 51.2 Å². The molecule has 106 valence electrons. The van der Waals surface area contributed by atoms with Crippen molar-refractivity contribution in [3.63, 3.8) is 0 Å². The van der Waals surface area contributed by atoms with Crippen molar-refractivity contribution in [2.45, 2.75) is 33.8 Å². The second kappa shape index (κ2) is 6.05. The summed E-state index contributed by atoms with van der Waals surface area (Å²) in [6.45, 7) is 7.75. The summed E-state index contributed by atoms with van der Waals surface area (Å²) in [7, 11) is 0. The lowest BCUT2D eigenvalue weighted by molar-refractivity contribution is 0.102. The molecule has 1 aromatic heterocycles. The first kappa shape index (κ1) is 14.5. The molecule has 1 N–H and O–H groups in total. The first-order valence-corrected chi connectivity index (χ1v) is 7.29. The summed E-state index contributed by atoms with van der Waals surface area (Å²) in [5.74, 6) is 0.614. The Morgan fingerprint density at radius 1 is 1.25 bits per heavy atom. The molecule has 0 bridgehead atoms. The molecule has 1 aromatic carbocycles. The van der Waals surface area contributed by atoms with Crippen LogP contribution in [-0.2, 0) is 0 Å². The Morgan fingerprint density at radius 3 is 2.40 bits per heavy atom. The van der Waals surface area contributed by atoms with E-state index in [1.54, 1.807) is 0 Å². The van der Waals surface area contributed by atoms with Crippen LogP contribution in [0.4, 0.5) is 5.69 Å². The van der Waals surface area contributed by atoms with Crippen LogP contribution in [0.25, 0.3) is 0 Å². The molecule has 0 fully saturated rings. The maximum Gasteiger partial charge on any atom is 0.275 e. The molecule has 4 nitrogen and oxygen atoms in total. The highest BCUT2D eigenvalue weighted by Crippen LogP contribution is 2.20. The first-order valence-electron chi connectivity index (χ1n) is 6.48. The Kier molecular flexibility index (Phi) is 4.39. The highest BCUT2D eigenvalue weighted by molar-refractivity contribution is 7.11. The molecular weight excluding hydrogens is 272 g/mol. The van der Waals surface area contributed by atoms with Crippen LogP contribution >= 0.6 is 11.3 Å². The van der Waals surface area contributed by atoms with Gasteiger partial charge in [0.05, 0.1) is 11.1 Å². The number of aryl methyl sites for hydroxylation is 2. The third kappa shape index (κ3) is 3.57. The van der Waals surface area contributed by atoms with E-state index < -0.39 is 0 Å². The predicted molar refractivity (Wildman–Crippen MR) is 81.7 cm³/mol. The summed E-state index contributed by atoms with van der Waals surface area (Å²) in [5.41, 5.74) is 1.23. The van der Waals surface area contributed by atoms with E-state index in [1.807, 2.05) is 52.0 Å². The van der Waals surface area contributed by atoms with Gasteiger partial charge in [0, 0.05) is 10.6 Å². The van der Waals surface area contributed by atoms with E-state index in [0.29, 0.717) is 5.69 Å². The fourth-order valence-corrected chi connectivity index (χ4v) is 2.63. The largest absolute Gasteiger partial charge is 0.491 e. The number of carbonyl (C=O) groups excluding carboxylic acids is 1.